The number of carbonyl (C=O) groups excluding carboxylic acids is 2. The maximum Gasteiger partial charge on any atom is 0.350 e. The second-order valence-electron chi connectivity index (χ2n) is 4.19. The molecule has 1 rings (SSSR count). The van der Waals surface area contributed by atoms with Gasteiger partial charge in [-0.05, 0) is 17.9 Å². The van der Waals surface area contributed by atoms with Crippen molar-refractivity contribution in [2.75, 3.05) is 19.0 Å². The molecule has 6 heteroatoms. The van der Waals surface area contributed by atoms with Crippen molar-refractivity contribution >= 4 is 28.9 Å². The van der Waals surface area contributed by atoms with E-state index in [0.29, 0.717) is 17.1 Å². The lowest BCUT2D eigenvalue weighted by atomic mass is 10.2. The summed E-state index contributed by atoms with van der Waals surface area (Å²) in [5.41, 5.74) is 1.38. The Kier molecular flexibility index (Phi) is 5.98. The van der Waals surface area contributed by atoms with Gasteiger partial charge in [0.1, 0.15) is 4.88 Å². The van der Waals surface area contributed by atoms with E-state index >= 15 is 0 Å². The van der Waals surface area contributed by atoms with Gasteiger partial charge < -0.3 is 15.4 Å². The van der Waals surface area contributed by atoms with E-state index in [1.54, 1.807) is 6.92 Å². The molecule has 0 aliphatic heterocycles. The molecule has 1 aromatic heterocycles. The van der Waals surface area contributed by atoms with Crippen LogP contribution in [0.5, 0.6) is 0 Å². The fraction of sp³-hybridized carbons (Fsp3) is 0.538. The number of hydrogen-bond donors (Lipinski definition) is 1. The number of methoxy groups -OCH3 is 1. The Hall–Kier alpha value is -1.40. The van der Waals surface area contributed by atoms with Gasteiger partial charge in [-0.2, -0.15) is 0 Å². The third-order valence-corrected chi connectivity index (χ3v) is 3.68. The van der Waals surface area contributed by atoms with Gasteiger partial charge in [0.2, 0.25) is 5.91 Å². The van der Waals surface area contributed by atoms with E-state index in [1.165, 1.54) is 18.4 Å². The van der Waals surface area contributed by atoms with E-state index in [-0.39, 0.29) is 5.91 Å². The van der Waals surface area contributed by atoms with E-state index in [4.69, 9.17) is 4.74 Å². The average molecular weight is 283 g/mol. The molecule has 0 fully saturated rings. The molecular formula is C13H19N2O3S-. The van der Waals surface area contributed by atoms with Crippen molar-refractivity contribution in [3.8, 4) is 0 Å². The van der Waals surface area contributed by atoms with Crippen molar-refractivity contribution in [1.82, 2.24) is 0 Å². The second-order valence-corrected chi connectivity index (χ2v) is 5.07. The molecule has 0 aliphatic carbocycles. The molecular weight excluding hydrogens is 264 g/mol. The first kappa shape index (κ1) is 15.7. The van der Waals surface area contributed by atoms with Crippen LogP contribution < -0.4 is 5.32 Å². The van der Waals surface area contributed by atoms with Crippen LogP contribution in [0, 0.1) is 6.92 Å². The first-order valence-electron chi connectivity index (χ1n) is 6.15. The van der Waals surface area contributed by atoms with Gasteiger partial charge in [-0.1, -0.05) is 26.3 Å². The highest BCUT2D eigenvalue weighted by Gasteiger charge is 2.18. The second kappa shape index (κ2) is 7.25. The molecule has 0 bridgehead atoms. The number of amides is 1. The number of aryl methyl sites for hydroxylation is 1. The van der Waals surface area contributed by atoms with Crippen LogP contribution in [-0.4, -0.2) is 31.6 Å². The van der Waals surface area contributed by atoms with Crippen LogP contribution in [0.3, 0.4) is 0 Å². The molecule has 1 unspecified atom stereocenters. The summed E-state index contributed by atoms with van der Waals surface area (Å²) in [5, 5.41) is 8.80. The molecule has 106 valence electrons. The number of nitrogens with zero attached hydrogens (tertiary/aromatic N) is 1. The summed E-state index contributed by atoms with van der Waals surface area (Å²) >= 11 is 1.26. The average Bonchev–Trinajstić information content (AvgIpc) is 2.76. The lowest BCUT2D eigenvalue weighted by Crippen LogP contribution is -2.25. The fourth-order valence-corrected chi connectivity index (χ4v) is 2.40. The van der Waals surface area contributed by atoms with Crippen LogP contribution in [0.1, 0.15) is 35.5 Å². The maximum atomic E-state index is 12.0. The number of hydrogen-bond acceptors (Lipinski definition) is 4. The molecule has 0 radical (unpaired) electrons. The fourth-order valence-electron chi connectivity index (χ4n) is 1.48. The van der Waals surface area contributed by atoms with Gasteiger partial charge in [0.15, 0.2) is 0 Å². The third kappa shape index (κ3) is 4.04. The summed E-state index contributed by atoms with van der Waals surface area (Å²) in [4.78, 5) is 24.0. The van der Waals surface area contributed by atoms with Gasteiger partial charge in [-0.25, -0.2) is 4.79 Å². The third-order valence-electron chi connectivity index (χ3n) is 2.60. The molecule has 1 aromatic rings. The number of carbonyl (C=O) groups is 2. The lowest BCUT2D eigenvalue weighted by Gasteiger charge is -2.26. The van der Waals surface area contributed by atoms with Crippen LogP contribution in [0.2, 0.25) is 0 Å². The van der Waals surface area contributed by atoms with Gasteiger partial charge >= 0.3 is 5.97 Å². The number of thiophene rings is 1. The van der Waals surface area contributed by atoms with E-state index in [2.05, 4.69) is 10.6 Å². The summed E-state index contributed by atoms with van der Waals surface area (Å²) in [6, 6.07) is -0.426. The number of anilines is 1. The summed E-state index contributed by atoms with van der Waals surface area (Å²) in [6.07, 6.45) is 0.905. The van der Waals surface area contributed by atoms with Gasteiger partial charge in [0.05, 0.1) is 12.8 Å². The number of ether oxygens (including phenoxy) is 1. The predicted octanol–water partition coefficient (Wildman–Crippen LogP) is 2.95. The SMILES string of the molecule is CCC[N-]C(C)C(=O)Nc1c(C)csc1C(=O)OC. The Morgan fingerprint density at radius 3 is 2.79 bits per heavy atom. The molecule has 1 atom stereocenters. The number of nitrogens with one attached hydrogen (secondary N) is 1. The Morgan fingerprint density at radius 1 is 1.53 bits per heavy atom. The molecule has 5 nitrogen and oxygen atoms in total. The van der Waals surface area contributed by atoms with Gasteiger partial charge in [-0.3, -0.25) is 4.79 Å². The summed E-state index contributed by atoms with van der Waals surface area (Å²) < 4.78 is 4.69. The van der Waals surface area contributed by atoms with Crippen molar-refractivity contribution in [1.29, 1.82) is 0 Å². The van der Waals surface area contributed by atoms with Crippen LogP contribution in [0.4, 0.5) is 5.69 Å². The molecule has 1 amide bonds. The van der Waals surface area contributed by atoms with Crippen LogP contribution in [0.25, 0.3) is 5.32 Å². The van der Waals surface area contributed by atoms with E-state index in [9.17, 15) is 9.59 Å². The highest BCUT2D eigenvalue weighted by atomic mass is 32.1. The summed E-state index contributed by atoms with van der Waals surface area (Å²) in [6.45, 7) is 6.24. The summed E-state index contributed by atoms with van der Waals surface area (Å²) in [7, 11) is 1.32. The zero-order chi connectivity index (χ0) is 14.4. The molecule has 0 spiro atoms. The van der Waals surface area contributed by atoms with E-state index in [1.807, 2.05) is 19.2 Å². The first-order valence-corrected chi connectivity index (χ1v) is 7.03. The van der Waals surface area contributed by atoms with E-state index < -0.39 is 12.0 Å². The Labute approximate surface area is 117 Å². The standard InChI is InChI=1S/C13H19N2O3S/c1-5-6-14-9(3)12(16)15-10-8(2)7-19-11(10)13(17)18-4/h7,9H,5-6H2,1-4H3,(H,15,16)/q-1. The molecule has 0 aliphatic rings. The van der Waals surface area contributed by atoms with Crippen LogP contribution in [0.15, 0.2) is 5.38 Å². The minimum atomic E-state index is -0.438. The van der Waals surface area contributed by atoms with E-state index in [0.717, 1.165) is 12.0 Å². The number of esters is 1. The van der Waals surface area contributed by atoms with Crippen molar-refractivity contribution in [3.05, 3.63) is 21.1 Å². The highest BCUT2D eigenvalue weighted by molar-refractivity contribution is 7.12. The largest absolute Gasteiger partial charge is 0.652 e. The van der Waals surface area contributed by atoms with Crippen LogP contribution in [-0.2, 0) is 9.53 Å². The Bertz CT molecular complexity index is 457. The predicted molar refractivity (Wildman–Crippen MR) is 77.0 cm³/mol. The first-order chi connectivity index (χ1) is 9.01. The topological polar surface area (TPSA) is 69.5 Å². The normalized spacial score (nSPS) is 12.0. The molecule has 1 N–H and O–H groups in total. The van der Waals surface area contributed by atoms with Crippen molar-refractivity contribution in [2.24, 2.45) is 0 Å². The monoisotopic (exact) mass is 283 g/mol. The minimum Gasteiger partial charge on any atom is -0.652 e. The van der Waals surface area contributed by atoms with Crippen LogP contribution >= 0.6 is 11.3 Å². The quantitative estimate of drug-likeness (QED) is 0.816. The zero-order valence-electron chi connectivity index (χ0n) is 11.6. The molecule has 1 heterocycles. The molecule has 0 saturated heterocycles. The smallest absolute Gasteiger partial charge is 0.350 e. The lowest BCUT2D eigenvalue weighted by molar-refractivity contribution is -0.116. The molecule has 19 heavy (non-hydrogen) atoms. The zero-order valence-corrected chi connectivity index (χ0v) is 12.5. The maximum absolute atomic E-state index is 12.0. The van der Waals surface area contributed by atoms with Crippen molar-refractivity contribution in [3.63, 3.8) is 0 Å². The van der Waals surface area contributed by atoms with Crippen molar-refractivity contribution < 1.29 is 14.3 Å². The summed E-state index contributed by atoms with van der Waals surface area (Å²) in [5.74, 6) is -0.647. The van der Waals surface area contributed by atoms with Gasteiger partial charge in [-0.15, -0.1) is 17.9 Å². The Morgan fingerprint density at radius 2 is 2.21 bits per heavy atom. The highest BCUT2D eigenvalue weighted by Crippen LogP contribution is 2.28. The number of rotatable bonds is 6. The minimum absolute atomic E-state index is 0.208. The van der Waals surface area contributed by atoms with Gasteiger partial charge in [0.25, 0.3) is 0 Å². The Balaban J connectivity index is 2.78. The van der Waals surface area contributed by atoms with Gasteiger partial charge in [0, 0.05) is 0 Å². The molecule has 0 aromatic carbocycles. The van der Waals surface area contributed by atoms with Crippen molar-refractivity contribution in [2.45, 2.75) is 33.2 Å². The molecule has 0 saturated carbocycles.